The summed E-state index contributed by atoms with van der Waals surface area (Å²) in [4.78, 5) is 9.08. The van der Waals surface area contributed by atoms with Gasteiger partial charge in [-0.15, -0.1) is 0 Å². The molecule has 0 aliphatic carbocycles. The number of alkyl halides is 1. The van der Waals surface area contributed by atoms with Gasteiger partial charge in [0.1, 0.15) is 17.7 Å². The van der Waals surface area contributed by atoms with Crippen LogP contribution in [0.2, 0.25) is 0 Å². The number of anilines is 1. The van der Waals surface area contributed by atoms with Crippen molar-refractivity contribution in [2.45, 2.75) is 38.4 Å². The van der Waals surface area contributed by atoms with E-state index >= 15 is 0 Å². The maximum absolute atomic E-state index is 13.8. The van der Waals surface area contributed by atoms with Crippen molar-refractivity contribution in [1.82, 2.24) is 24.9 Å². The van der Waals surface area contributed by atoms with Crippen LogP contribution < -0.4 is 10.6 Å². The van der Waals surface area contributed by atoms with E-state index in [2.05, 4.69) is 41.4 Å². The summed E-state index contributed by atoms with van der Waals surface area (Å²) < 4.78 is 15.7. The van der Waals surface area contributed by atoms with E-state index in [-0.39, 0.29) is 11.5 Å². The lowest BCUT2D eigenvalue weighted by Gasteiger charge is -2.17. The maximum Gasteiger partial charge on any atom is 0.154 e. The van der Waals surface area contributed by atoms with Gasteiger partial charge >= 0.3 is 0 Å². The Labute approximate surface area is 151 Å². The lowest BCUT2D eigenvalue weighted by Crippen LogP contribution is -2.29. The van der Waals surface area contributed by atoms with Gasteiger partial charge in [0.05, 0.1) is 23.6 Å². The zero-order valence-corrected chi connectivity index (χ0v) is 15.2. The minimum absolute atomic E-state index is 0.0574. The molecule has 0 amide bonds. The number of halogens is 1. The molecule has 0 aromatic carbocycles. The highest BCUT2D eigenvalue weighted by atomic mass is 19.1. The number of rotatable bonds is 3. The Kier molecular flexibility index (Phi) is 4.11. The smallest absolute Gasteiger partial charge is 0.154 e. The summed E-state index contributed by atoms with van der Waals surface area (Å²) in [6, 6.07) is 9.40. The lowest BCUT2D eigenvalue weighted by molar-refractivity contribution is 0.342. The van der Waals surface area contributed by atoms with Gasteiger partial charge in [0, 0.05) is 18.5 Å². The van der Waals surface area contributed by atoms with Crippen molar-refractivity contribution in [2.24, 2.45) is 0 Å². The first-order valence-corrected chi connectivity index (χ1v) is 8.86. The van der Waals surface area contributed by atoms with Gasteiger partial charge < -0.3 is 10.6 Å². The summed E-state index contributed by atoms with van der Waals surface area (Å²) in [7, 11) is 0. The predicted molar refractivity (Wildman–Crippen MR) is 100 cm³/mol. The van der Waals surface area contributed by atoms with Crippen LogP contribution in [-0.2, 0) is 5.41 Å². The van der Waals surface area contributed by atoms with Gasteiger partial charge in [-0.2, -0.15) is 5.10 Å². The van der Waals surface area contributed by atoms with E-state index in [1.807, 2.05) is 34.8 Å². The quantitative estimate of drug-likeness (QED) is 0.757. The highest BCUT2D eigenvalue weighted by Crippen LogP contribution is 2.24. The third-order valence-corrected chi connectivity index (χ3v) is 4.62. The summed E-state index contributed by atoms with van der Waals surface area (Å²) in [5.74, 6) is 0.653. The van der Waals surface area contributed by atoms with Gasteiger partial charge in [0.25, 0.3) is 0 Å². The van der Waals surface area contributed by atoms with Crippen LogP contribution in [0, 0.1) is 0 Å². The molecule has 0 spiro atoms. The second-order valence-electron chi connectivity index (χ2n) is 7.72. The van der Waals surface area contributed by atoms with E-state index in [1.54, 1.807) is 6.20 Å². The van der Waals surface area contributed by atoms with E-state index in [0.717, 1.165) is 22.7 Å². The van der Waals surface area contributed by atoms with Crippen molar-refractivity contribution >= 4 is 11.5 Å². The average molecular weight is 354 g/mol. The Hall–Kier alpha value is -2.54. The summed E-state index contributed by atoms with van der Waals surface area (Å²) in [6.07, 6.45) is 0.864. The molecule has 7 heteroatoms. The molecule has 1 saturated heterocycles. The Morgan fingerprint density at radius 2 is 2.04 bits per heavy atom. The monoisotopic (exact) mass is 354 g/mol. The maximum atomic E-state index is 13.8. The second-order valence-corrected chi connectivity index (χ2v) is 7.72. The molecule has 3 aromatic rings. The van der Waals surface area contributed by atoms with Gasteiger partial charge in [-0.05, 0) is 24.3 Å². The number of pyridine rings is 1. The molecule has 1 fully saturated rings. The molecular formula is C19H23FN6. The molecule has 2 N–H and O–H groups in total. The van der Waals surface area contributed by atoms with Crippen molar-refractivity contribution in [3.63, 3.8) is 0 Å². The largest absolute Gasteiger partial charge is 0.363 e. The molecule has 0 radical (unpaired) electrons. The van der Waals surface area contributed by atoms with Crippen LogP contribution in [0.15, 0.2) is 36.5 Å². The summed E-state index contributed by atoms with van der Waals surface area (Å²) in [6.45, 7) is 7.36. The van der Waals surface area contributed by atoms with Crippen LogP contribution >= 0.6 is 0 Å². The number of fused-ring (bicyclic) bond motifs is 1. The number of nitrogens with zero attached hydrogens (tertiary/aromatic N) is 4. The first-order chi connectivity index (χ1) is 12.4. The normalized spacial score (nSPS) is 20.6. The van der Waals surface area contributed by atoms with E-state index < -0.39 is 6.17 Å². The Morgan fingerprint density at radius 1 is 1.19 bits per heavy atom. The van der Waals surface area contributed by atoms with Crippen LogP contribution in [0.4, 0.5) is 10.2 Å². The Bertz CT molecular complexity index is 929. The van der Waals surface area contributed by atoms with Crippen LogP contribution in [0.5, 0.6) is 0 Å². The van der Waals surface area contributed by atoms with Crippen molar-refractivity contribution in [3.8, 4) is 11.4 Å². The molecule has 3 aromatic heterocycles. The van der Waals surface area contributed by atoms with Crippen LogP contribution in [0.25, 0.3) is 17.0 Å². The fourth-order valence-corrected chi connectivity index (χ4v) is 3.08. The number of nitrogens with one attached hydrogen (secondary N) is 2. The fraction of sp³-hybridized carbons (Fsp3) is 0.421. The zero-order valence-electron chi connectivity index (χ0n) is 15.2. The lowest BCUT2D eigenvalue weighted by atomic mass is 9.92. The summed E-state index contributed by atoms with van der Waals surface area (Å²) >= 11 is 0. The summed E-state index contributed by atoms with van der Waals surface area (Å²) in [5.41, 5.74) is 3.27. The van der Waals surface area contributed by atoms with Crippen LogP contribution in [0.3, 0.4) is 0 Å². The van der Waals surface area contributed by atoms with Crippen molar-refractivity contribution in [3.05, 3.63) is 42.2 Å². The highest BCUT2D eigenvalue weighted by Gasteiger charge is 2.26. The van der Waals surface area contributed by atoms with Crippen LogP contribution in [-0.4, -0.2) is 44.9 Å². The highest BCUT2D eigenvalue weighted by molar-refractivity contribution is 5.61. The summed E-state index contributed by atoms with van der Waals surface area (Å²) in [5, 5.41) is 11.0. The SMILES string of the molecule is CC(C)(C)c1ccc2ncc(-c3cccc(N[C@H]4CNC[C@@H]4F)n3)n2n1. The third kappa shape index (κ3) is 3.14. The molecule has 1 aliphatic rings. The van der Waals surface area contributed by atoms with E-state index in [4.69, 9.17) is 5.10 Å². The van der Waals surface area contributed by atoms with Gasteiger partial charge in [-0.1, -0.05) is 26.8 Å². The molecule has 0 saturated carbocycles. The molecule has 136 valence electrons. The minimum Gasteiger partial charge on any atom is -0.363 e. The minimum atomic E-state index is -0.910. The fourth-order valence-electron chi connectivity index (χ4n) is 3.08. The first kappa shape index (κ1) is 16.9. The van der Waals surface area contributed by atoms with Gasteiger partial charge in [0.15, 0.2) is 5.65 Å². The second kappa shape index (κ2) is 6.32. The predicted octanol–water partition coefficient (Wildman–Crippen LogP) is 2.81. The molecule has 4 rings (SSSR count). The molecular weight excluding hydrogens is 331 g/mol. The standard InChI is InChI=1S/C19H23FN6/c1-19(2,3)16-7-8-18-22-11-15(26(18)25-16)13-5-4-6-17(23-13)24-14-10-21-9-12(14)20/h4-8,11-12,14,21H,9-10H2,1-3H3,(H,23,24)/t12-,14-/m0/s1. The van der Waals surface area contributed by atoms with Crippen LogP contribution in [0.1, 0.15) is 26.5 Å². The zero-order chi connectivity index (χ0) is 18.3. The Balaban J connectivity index is 1.70. The van der Waals surface area contributed by atoms with E-state index in [1.165, 1.54) is 0 Å². The molecule has 2 atom stereocenters. The molecule has 0 bridgehead atoms. The van der Waals surface area contributed by atoms with Gasteiger partial charge in [0.2, 0.25) is 0 Å². The van der Waals surface area contributed by atoms with Gasteiger partial charge in [-0.25, -0.2) is 18.9 Å². The number of hydrogen-bond acceptors (Lipinski definition) is 5. The molecule has 26 heavy (non-hydrogen) atoms. The van der Waals surface area contributed by atoms with Crippen molar-refractivity contribution in [1.29, 1.82) is 0 Å². The molecule has 4 heterocycles. The first-order valence-electron chi connectivity index (χ1n) is 8.86. The molecule has 1 aliphatic heterocycles. The molecule has 6 nitrogen and oxygen atoms in total. The number of hydrogen-bond donors (Lipinski definition) is 2. The van der Waals surface area contributed by atoms with E-state index in [9.17, 15) is 4.39 Å². The Morgan fingerprint density at radius 3 is 2.77 bits per heavy atom. The third-order valence-electron chi connectivity index (χ3n) is 4.62. The van der Waals surface area contributed by atoms with E-state index in [0.29, 0.717) is 18.9 Å². The van der Waals surface area contributed by atoms with Gasteiger partial charge in [-0.3, -0.25) is 0 Å². The molecule has 0 unspecified atom stereocenters. The van der Waals surface area contributed by atoms with Crippen molar-refractivity contribution < 1.29 is 4.39 Å². The topological polar surface area (TPSA) is 67.1 Å². The van der Waals surface area contributed by atoms with Crippen molar-refractivity contribution in [2.75, 3.05) is 18.4 Å². The number of aromatic nitrogens is 4. The average Bonchev–Trinajstić information content (AvgIpc) is 3.20. The number of imidazole rings is 1.